The average Bonchev–Trinajstić information content (AvgIpc) is 2.42. The summed E-state index contributed by atoms with van der Waals surface area (Å²) < 4.78 is 14.3. The molecule has 0 saturated carbocycles. The molecule has 1 heterocycles. The van der Waals surface area contributed by atoms with Gasteiger partial charge in [-0.2, -0.15) is 5.26 Å². The first kappa shape index (κ1) is 13.2. The zero-order valence-corrected chi connectivity index (χ0v) is 11.5. The maximum atomic E-state index is 13.6. The van der Waals surface area contributed by atoms with Gasteiger partial charge in [-0.25, -0.2) is 14.4 Å². The number of halogens is 2. The van der Waals surface area contributed by atoms with E-state index < -0.39 is 5.82 Å². The summed E-state index contributed by atoms with van der Waals surface area (Å²) in [6.07, 6.45) is 3.23. The lowest BCUT2D eigenvalue weighted by Gasteiger charge is -2.10. The molecular formula is C12H9BrFN5. The number of rotatable bonds is 3. The van der Waals surface area contributed by atoms with E-state index in [1.807, 2.05) is 6.19 Å². The lowest BCUT2D eigenvalue weighted by molar-refractivity contribution is 0.631. The topological polar surface area (TPSA) is 64.8 Å². The van der Waals surface area contributed by atoms with Gasteiger partial charge in [-0.3, -0.25) is 4.90 Å². The molecular weight excluding hydrogens is 313 g/mol. The van der Waals surface area contributed by atoms with Crippen molar-refractivity contribution in [3.63, 3.8) is 0 Å². The predicted octanol–water partition coefficient (Wildman–Crippen LogP) is 3.04. The van der Waals surface area contributed by atoms with Gasteiger partial charge < -0.3 is 5.32 Å². The molecule has 1 aromatic carbocycles. The quantitative estimate of drug-likeness (QED) is 0.695. The third-order valence-corrected chi connectivity index (χ3v) is 2.83. The van der Waals surface area contributed by atoms with E-state index in [4.69, 9.17) is 5.26 Å². The molecule has 0 aliphatic rings. The molecule has 0 unspecified atom stereocenters. The molecule has 2 aromatic rings. The van der Waals surface area contributed by atoms with Gasteiger partial charge >= 0.3 is 0 Å². The number of benzene rings is 1. The van der Waals surface area contributed by atoms with Crippen LogP contribution < -0.4 is 10.2 Å². The summed E-state index contributed by atoms with van der Waals surface area (Å²) in [5, 5.41) is 11.6. The van der Waals surface area contributed by atoms with Crippen LogP contribution in [0, 0.1) is 17.3 Å². The number of nitriles is 1. The molecule has 19 heavy (non-hydrogen) atoms. The molecule has 5 nitrogen and oxygen atoms in total. The predicted molar refractivity (Wildman–Crippen MR) is 73.4 cm³/mol. The molecule has 0 aliphatic carbocycles. The first-order chi connectivity index (χ1) is 9.10. The Morgan fingerprint density at radius 1 is 1.37 bits per heavy atom. The van der Waals surface area contributed by atoms with E-state index in [0.29, 0.717) is 17.3 Å². The minimum Gasteiger partial charge on any atom is -0.338 e. The van der Waals surface area contributed by atoms with Gasteiger partial charge in [0, 0.05) is 17.6 Å². The molecule has 1 N–H and O–H groups in total. The number of nitrogens with one attached hydrogen (secondary N) is 1. The van der Waals surface area contributed by atoms with Crippen LogP contribution in [0.15, 0.2) is 35.1 Å². The van der Waals surface area contributed by atoms with E-state index in [1.165, 1.54) is 17.3 Å². The van der Waals surface area contributed by atoms with Gasteiger partial charge in [0.15, 0.2) is 6.19 Å². The molecule has 0 radical (unpaired) electrons. The lowest BCUT2D eigenvalue weighted by Crippen LogP contribution is -2.10. The van der Waals surface area contributed by atoms with Gasteiger partial charge in [0.05, 0.1) is 5.69 Å². The van der Waals surface area contributed by atoms with Crippen molar-refractivity contribution < 1.29 is 4.39 Å². The SMILES string of the molecule is CN(C#N)c1cc(Nc2cc(Br)ccc2F)ncn1. The van der Waals surface area contributed by atoms with Crippen LogP contribution in [-0.4, -0.2) is 17.0 Å². The summed E-state index contributed by atoms with van der Waals surface area (Å²) >= 11 is 3.27. The van der Waals surface area contributed by atoms with Crippen LogP contribution in [0.4, 0.5) is 21.7 Å². The molecule has 0 spiro atoms. The molecule has 0 amide bonds. The van der Waals surface area contributed by atoms with Gasteiger partial charge in [-0.15, -0.1) is 0 Å². The van der Waals surface area contributed by atoms with Crippen molar-refractivity contribution in [3.05, 3.63) is 40.9 Å². The van der Waals surface area contributed by atoms with Gasteiger partial charge in [-0.1, -0.05) is 15.9 Å². The van der Waals surface area contributed by atoms with Crippen LogP contribution >= 0.6 is 15.9 Å². The molecule has 7 heteroatoms. The Morgan fingerprint density at radius 3 is 2.89 bits per heavy atom. The Kier molecular flexibility index (Phi) is 3.92. The maximum Gasteiger partial charge on any atom is 0.185 e. The van der Waals surface area contributed by atoms with Crippen molar-refractivity contribution in [3.8, 4) is 6.19 Å². The molecule has 96 valence electrons. The van der Waals surface area contributed by atoms with Gasteiger partial charge in [-0.05, 0) is 18.2 Å². The van der Waals surface area contributed by atoms with E-state index in [9.17, 15) is 4.39 Å². The van der Waals surface area contributed by atoms with Gasteiger partial charge in [0.25, 0.3) is 0 Å². The molecule has 0 bridgehead atoms. The summed E-state index contributed by atoms with van der Waals surface area (Å²) in [6.45, 7) is 0. The second kappa shape index (κ2) is 5.63. The second-order valence-corrected chi connectivity index (χ2v) is 4.59. The number of nitrogens with zero attached hydrogens (tertiary/aromatic N) is 4. The highest BCUT2D eigenvalue weighted by atomic mass is 79.9. The maximum absolute atomic E-state index is 13.6. The second-order valence-electron chi connectivity index (χ2n) is 3.67. The van der Waals surface area contributed by atoms with Crippen LogP contribution in [0.2, 0.25) is 0 Å². The highest BCUT2D eigenvalue weighted by Crippen LogP contribution is 2.23. The summed E-state index contributed by atoms with van der Waals surface area (Å²) in [5.74, 6) is 0.441. The first-order valence-corrected chi connectivity index (χ1v) is 6.07. The minimum absolute atomic E-state index is 0.290. The third kappa shape index (κ3) is 3.17. The Bertz CT molecular complexity index is 640. The fourth-order valence-corrected chi connectivity index (χ4v) is 1.74. The minimum atomic E-state index is -0.392. The van der Waals surface area contributed by atoms with Crippen molar-refractivity contribution in [2.75, 3.05) is 17.3 Å². The lowest BCUT2D eigenvalue weighted by atomic mass is 10.3. The Labute approximate surface area is 117 Å². The smallest absolute Gasteiger partial charge is 0.185 e. The number of anilines is 3. The zero-order valence-electron chi connectivity index (χ0n) is 9.93. The van der Waals surface area contributed by atoms with Crippen LogP contribution in [-0.2, 0) is 0 Å². The molecule has 0 aliphatic heterocycles. The summed E-state index contributed by atoms with van der Waals surface area (Å²) in [5.41, 5.74) is 0.290. The normalized spacial score (nSPS) is 9.79. The number of hydrogen-bond donors (Lipinski definition) is 1. The van der Waals surface area contributed by atoms with Crippen LogP contribution in [0.3, 0.4) is 0 Å². The van der Waals surface area contributed by atoms with Crippen LogP contribution in [0.25, 0.3) is 0 Å². The van der Waals surface area contributed by atoms with Gasteiger partial charge in [0.2, 0.25) is 0 Å². The summed E-state index contributed by atoms with van der Waals surface area (Å²) in [7, 11) is 1.58. The Hall–Kier alpha value is -2.20. The number of aromatic nitrogens is 2. The Morgan fingerprint density at radius 2 is 2.16 bits per heavy atom. The van der Waals surface area contributed by atoms with Crippen molar-refractivity contribution in [1.29, 1.82) is 5.26 Å². The van der Waals surface area contributed by atoms with Gasteiger partial charge in [0.1, 0.15) is 23.8 Å². The highest BCUT2D eigenvalue weighted by molar-refractivity contribution is 9.10. The van der Waals surface area contributed by atoms with Crippen molar-refractivity contribution >= 4 is 33.3 Å². The largest absolute Gasteiger partial charge is 0.338 e. The third-order valence-electron chi connectivity index (χ3n) is 2.34. The molecule has 0 fully saturated rings. The standard InChI is InChI=1S/C12H9BrFN5/c1-19(6-15)12-5-11(16-7-17-12)18-10-4-8(13)2-3-9(10)14/h2-5,7H,1H3,(H,16,17,18). The molecule has 0 atom stereocenters. The van der Waals surface area contributed by atoms with E-state index >= 15 is 0 Å². The fraction of sp³-hybridized carbons (Fsp3) is 0.0833. The fourth-order valence-electron chi connectivity index (χ4n) is 1.38. The van der Waals surface area contributed by atoms with E-state index in [2.05, 4.69) is 31.2 Å². The van der Waals surface area contributed by atoms with Crippen LogP contribution in [0.5, 0.6) is 0 Å². The summed E-state index contributed by atoms with van der Waals surface area (Å²) in [6, 6.07) is 6.11. The number of hydrogen-bond acceptors (Lipinski definition) is 5. The molecule has 1 aromatic heterocycles. The highest BCUT2D eigenvalue weighted by Gasteiger charge is 2.07. The monoisotopic (exact) mass is 321 g/mol. The van der Waals surface area contributed by atoms with Crippen molar-refractivity contribution in [2.24, 2.45) is 0 Å². The van der Waals surface area contributed by atoms with E-state index in [0.717, 1.165) is 4.47 Å². The van der Waals surface area contributed by atoms with Crippen molar-refractivity contribution in [2.45, 2.75) is 0 Å². The Balaban J connectivity index is 2.29. The first-order valence-electron chi connectivity index (χ1n) is 5.27. The van der Waals surface area contributed by atoms with E-state index in [1.54, 1.807) is 25.2 Å². The zero-order chi connectivity index (χ0) is 13.8. The summed E-state index contributed by atoms with van der Waals surface area (Å²) in [4.78, 5) is 9.20. The van der Waals surface area contributed by atoms with E-state index in [-0.39, 0.29) is 0 Å². The average molecular weight is 322 g/mol. The van der Waals surface area contributed by atoms with Crippen LogP contribution in [0.1, 0.15) is 0 Å². The molecule has 2 rings (SSSR count). The van der Waals surface area contributed by atoms with Crippen molar-refractivity contribution in [1.82, 2.24) is 9.97 Å². The molecule has 0 saturated heterocycles.